The van der Waals surface area contributed by atoms with E-state index in [1.165, 1.54) is 12.1 Å². The molecule has 2 aromatic carbocycles. The van der Waals surface area contributed by atoms with Gasteiger partial charge < -0.3 is 4.74 Å². The number of allylic oxidation sites excluding steroid dienone is 1. The summed E-state index contributed by atoms with van der Waals surface area (Å²) in [5.74, 6) is -3.30. The van der Waals surface area contributed by atoms with E-state index in [0.29, 0.717) is 22.9 Å². The molecule has 0 radical (unpaired) electrons. The van der Waals surface area contributed by atoms with E-state index in [4.69, 9.17) is 4.74 Å². The van der Waals surface area contributed by atoms with Gasteiger partial charge in [0.25, 0.3) is 6.08 Å². The first kappa shape index (κ1) is 20.4. The minimum Gasteiger partial charge on any atom is -0.423 e. The lowest BCUT2D eigenvalue weighted by Gasteiger charge is -2.11. The molecule has 0 amide bonds. The summed E-state index contributed by atoms with van der Waals surface area (Å²) in [7, 11) is 0. The van der Waals surface area contributed by atoms with E-state index in [0.717, 1.165) is 12.1 Å². The summed E-state index contributed by atoms with van der Waals surface area (Å²) in [5.41, 5.74) is 1.34. The van der Waals surface area contributed by atoms with Gasteiger partial charge in [0.2, 0.25) is 0 Å². The number of esters is 1. The van der Waals surface area contributed by atoms with Crippen LogP contribution in [0.25, 0.3) is 0 Å². The maximum atomic E-state index is 14.2. The Hall–Kier alpha value is -2.96. The predicted molar refractivity (Wildman–Crippen MR) is 95.1 cm³/mol. The van der Waals surface area contributed by atoms with Gasteiger partial charge >= 0.3 is 5.97 Å². The molecule has 142 valence electrons. The van der Waals surface area contributed by atoms with Crippen LogP contribution in [0.3, 0.4) is 0 Å². The molecule has 0 bridgehead atoms. The maximum absolute atomic E-state index is 14.2. The third-order valence-corrected chi connectivity index (χ3v) is 3.87. The van der Waals surface area contributed by atoms with Crippen molar-refractivity contribution >= 4 is 18.4 Å². The summed E-state index contributed by atoms with van der Waals surface area (Å²) in [4.78, 5) is 16.1. The maximum Gasteiger partial charge on any atom is 0.349 e. The summed E-state index contributed by atoms with van der Waals surface area (Å²) < 4.78 is 57.5. The fraction of sp³-hybridized carbons (Fsp3) is 0.200. The van der Waals surface area contributed by atoms with Crippen LogP contribution in [0.15, 0.2) is 41.4 Å². The molecule has 0 unspecified atom stereocenters. The zero-order valence-electron chi connectivity index (χ0n) is 14.8. The van der Waals surface area contributed by atoms with Crippen molar-refractivity contribution in [1.82, 2.24) is 0 Å². The molecule has 0 saturated heterocycles. The van der Waals surface area contributed by atoms with Crippen LogP contribution in [0.4, 0.5) is 23.2 Å². The largest absolute Gasteiger partial charge is 0.423 e. The smallest absolute Gasteiger partial charge is 0.349 e. The van der Waals surface area contributed by atoms with Gasteiger partial charge in [0.05, 0.1) is 5.69 Å². The van der Waals surface area contributed by atoms with E-state index in [1.54, 1.807) is 13.8 Å². The van der Waals surface area contributed by atoms with Crippen LogP contribution >= 0.6 is 0 Å². The van der Waals surface area contributed by atoms with Crippen LogP contribution in [-0.4, -0.2) is 12.7 Å². The molecule has 0 fully saturated rings. The number of aryl methyl sites for hydroxylation is 3. The Morgan fingerprint density at radius 1 is 1.11 bits per heavy atom. The molecule has 3 nitrogen and oxygen atoms in total. The third-order valence-electron chi connectivity index (χ3n) is 3.87. The molecule has 0 spiro atoms. The molecule has 0 aromatic heterocycles. The van der Waals surface area contributed by atoms with E-state index in [-0.39, 0.29) is 24.2 Å². The van der Waals surface area contributed by atoms with Crippen molar-refractivity contribution < 1.29 is 27.1 Å². The number of carbonyl (C=O) groups is 1. The number of aliphatic imine (C=N–C) groups is 1. The quantitative estimate of drug-likeness (QED) is 0.273. The molecule has 2 aromatic rings. The number of halogens is 4. The molecular formula is C20H17F4NO2. The Kier molecular flexibility index (Phi) is 6.50. The van der Waals surface area contributed by atoms with E-state index >= 15 is 0 Å². The molecule has 0 aliphatic carbocycles. The Bertz CT molecular complexity index is 872. The molecule has 0 heterocycles. The molecule has 7 heteroatoms. The summed E-state index contributed by atoms with van der Waals surface area (Å²) in [6.45, 7) is 6.92. The lowest BCUT2D eigenvalue weighted by Crippen LogP contribution is -2.14. The third kappa shape index (κ3) is 5.03. The van der Waals surface area contributed by atoms with Crippen molar-refractivity contribution in [2.24, 2.45) is 4.99 Å². The molecule has 27 heavy (non-hydrogen) atoms. The van der Waals surface area contributed by atoms with E-state index in [9.17, 15) is 22.4 Å². The summed E-state index contributed by atoms with van der Waals surface area (Å²) in [6, 6.07) is 4.89. The lowest BCUT2D eigenvalue weighted by atomic mass is 10.1. The number of nitrogens with zero attached hydrogens (tertiary/aromatic N) is 1. The van der Waals surface area contributed by atoms with Gasteiger partial charge in [-0.2, -0.15) is 8.78 Å². The van der Waals surface area contributed by atoms with Gasteiger partial charge in [-0.15, -0.1) is 0 Å². The van der Waals surface area contributed by atoms with Gasteiger partial charge in [-0.3, -0.25) is 4.99 Å². The minimum atomic E-state index is -1.86. The number of ether oxygens (including phenoxy) is 1. The molecule has 0 aliphatic rings. The summed E-state index contributed by atoms with van der Waals surface area (Å²) in [6.07, 6.45) is -1.27. The first-order chi connectivity index (χ1) is 12.7. The number of hydrogen-bond acceptors (Lipinski definition) is 3. The van der Waals surface area contributed by atoms with Crippen molar-refractivity contribution in [3.8, 4) is 5.75 Å². The van der Waals surface area contributed by atoms with Crippen molar-refractivity contribution in [3.63, 3.8) is 0 Å². The molecule has 0 aliphatic heterocycles. The summed E-state index contributed by atoms with van der Waals surface area (Å²) >= 11 is 0. The second-order valence-electron chi connectivity index (χ2n) is 5.92. The van der Waals surface area contributed by atoms with Crippen molar-refractivity contribution in [1.29, 1.82) is 0 Å². The highest BCUT2D eigenvalue weighted by atomic mass is 19.3. The molecular weight excluding hydrogens is 362 g/mol. The number of carbonyl (C=O) groups excluding carboxylic acids is 1. The molecule has 0 N–H and O–H groups in total. The first-order valence-electron chi connectivity index (χ1n) is 8.02. The lowest BCUT2D eigenvalue weighted by molar-refractivity contribution is 0.0724. The zero-order chi connectivity index (χ0) is 20.1. The Morgan fingerprint density at radius 3 is 2.15 bits per heavy atom. The van der Waals surface area contributed by atoms with Crippen LogP contribution in [0, 0.1) is 25.5 Å². The van der Waals surface area contributed by atoms with Crippen molar-refractivity contribution in [2.75, 3.05) is 0 Å². The molecule has 2 rings (SSSR count). The second-order valence-corrected chi connectivity index (χ2v) is 5.92. The average Bonchev–Trinajstić information content (AvgIpc) is 2.53. The van der Waals surface area contributed by atoms with Crippen LogP contribution in [0.5, 0.6) is 5.75 Å². The van der Waals surface area contributed by atoms with Gasteiger partial charge in [-0.1, -0.05) is 0 Å². The van der Waals surface area contributed by atoms with Crippen LogP contribution < -0.4 is 4.74 Å². The van der Waals surface area contributed by atoms with Gasteiger partial charge in [-0.25, -0.2) is 13.6 Å². The van der Waals surface area contributed by atoms with Gasteiger partial charge in [-0.05, 0) is 80.4 Å². The normalized spacial score (nSPS) is 10.4. The highest BCUT2D eigenvalue weighted by Crippen LogP contribution is 2.29. The highest BCUT2D eigenvalue weighted by molar-refractivity contribution is 5.91. The van der Waals surface area contributed by atoms with Crippen molar-refractivity contribution in [2.45, 2.75) is 26.7 Å². The van der Waals surface area contributed by atoms with E-state index in [1.807, 2.05) is 0 Å². The van der Waals surface area contributed by atoms with Gasteiger partial charge in [0.15, 0.2) is 0 Å². The van der Waals surface area contributed by atoms with Gasteiger partial charge in [0.1, 0.15) is 22.9 Å². The fourth-order valence-corrected chi connectivity index (χ4v) is 2.70. The second kappa shape index (κ2) is 8.62. The number of hydrogen-bond donors (Lipinski definition) is 0. The topological polar surface area (TPSA) is 38.7 Å². The fourth-order valence-electron chi connectivity index (χ4n) is 2.70. The number of benzene rings is 2. The summed E-state index contributed by atoms with van der Waals surface area (Å²) in [5, 5.41) is 0. The SMILES string of the molecule is C=Nc1c(C)cc(OC(=O)c2c(F)cc(CCC=C(F)F)cc2F)cc1C. The molecule has 0 atom stereocenters. The van der Waals surface area contributed by atoms with Crippen LogP contribution in [0.1, 0.15) is 33.5 Å². The average molecular weight is 379 g/mol. The monoisotopic (exact) mass is 379 g/mol. The Labute approximate surface area is 154 Å². The minimum absolute atomic E-state index is 0.00884. The van der Waals surface area contributed by atoms with Gasteiger partial charge in [0, 0.05) is 0 Å². The van der Waals surface area contributed by atoms with E-state index < -0.39 is 29.2 Å². The molecule has 0 saturated carbocycles. The first-order valence-corrected chi connectivity index (χ1v) is 8.02. The van der Waals surface area contributed by atoms with Crippen LogP contribution in [0.2, 0.25) is 0 Å². The van der Waals surface area contributed by atoms with Crippen molar-refractivity contribution in [3.05, 3.63) is 70.3 Å². The zero-order valence-corrected chi connectivity index (χ0v) is 14.8. The van der Waals surface area contributed by atoms with Crippen LogP contribution in [-0.2, 0) is 6.42 Å². The Morgan fingerprint density at radius 2 is 1.67 bits per heavy atom. The van der Waals surface area contributed by atoms with E-state index in [2.05, 4.69) is 11.7 Å². The highest BCUT2D eigenvalue weighted by Gasteiger charge is 2.21. The predicted octanol–water partition coefficient (Wildman–Crippen LogP) is 5.85. The standard InChI is InChI=1S/C20H17F4NO2/c1-11-7-14(8-12(2)19(11)25-3)27-20(26)18-15(21)9-13(10-16(18)22)5-4-6-17(23)24/h6-10H,3-5H2,1-2H3. The Balaban J connectivity index is 2.24. The number of rotatable bonds is 6.